The summed E-state index contributed by atoms with van der Waals surface area (Å²) in [4.78, 5) is 16.6. The number of rotatable bonds is 5. The first-order valence-electron chi connectivity index (χ1n) is 7.60. The standard InChI is InChI=1S/C17H18FN3O2/c18-12-5-7-13(8-6-12)21-16-15(4-1-9-19-16)17(22)20-11-14-3-2-10-23-14/h1,4-9,14H,2-3,10-11H2,(H,19,21)(H,20,22)/t14-/m0/s1. The van der Waals surface area contributed by atoms with Crippen LogP contribution in [0.25, 0.3) is 0 Å². The molecule has 0 spiro atoms. The summed E-state index contributed by atoms with van der Waals surface area (Å²) in [6.07, 6.45) is 3.69. The average molecular weight is 315 g/mol. The van der Waals surface area contributed by atoms with Crippen LogP contribution in [0.3, 0.4) is 0 Å². The molecule has 23 heavy (non-hydrogen) atoms. The van der Waals surface area contributed by atoms with Gasteiger partial charge >= 0.3 is 0 Å². The molecule has 1 aliphatic rings. The zero-order valence-corrected chi connectivity index (χ0v) is 12.6. The molecule has 1 aromatic heterocycles. The summed E-state index contributed by atoms with van der Waals surface area (Å²) in [5, 5.41) is 5.91. The highest BCUT2D eigenvalue weighted by atomic mass is 19.1. The van der Waals surface area contributed by atoms with Gasteiger partial charge in [-0.05, 0) is 49.2 Å². The molecule has 120 valence electrons. The van der Waals surface area contributed by atoms with Crippen LogP contribution in [-0.4, -0.2) is 30.1 Å². The van der Waals surface area contributed by atoms with Gasteiger partial charge in [-0.3, -0.25) is 4.79 Å². The SMILES string of the molecule is O=C(NC[C@@H]1CCCO1)c1cccnc1Nc1ccc(F)cc1. The number of pyridine rings is 1. The number of anilines is 2. The highest BCUT2D eigenvalue weighted by Gasteiger charge is 2.18. The van der Waals surface area contributed by atoms with Crippen LogP contribution < -0.4 is 10.6 Å². The highest BCUT2D eigenvalue weighted by Crippen LogP contribution is 2.19. The molecule has 0 bridgehead atoms. The largest absolute Gasteiger partial charge is 0.376 e. The summed E-state index contributed by atoms with van der Waals surface area (Å²) in [7, 11) is 0. The monoisotopic (exact) mass is 315 g/mol. The molecule has 1 saturated heterocycles. The Hall–Kier alpha value is -2.47. The topological polar surface area (TPSA) is 63.2 Å². The molecule has 0 unspecified atom stereocenters. The van der Waals surface area contributed by atoms with Gasteiger partial charge in [0.05, 0.1) is 11.7 Å². The Morgan fingerprint density at radius 1 is 1.30 bits per heavy atom. The van der Waals surface area contributed by atoms with Crippen molar-refractivity contribution in [2.75, 3.05) is 18.5 Å². The molecule has 0 aliphatic carbocycles. The van der Waals surface area contributed by atoms with Crippen LogP contribution in [0.4, 0.5) is 15.9 Å². The third-order valence-corrected chi connectivity index (χ3v) is 3.67. The third-order valence-electron chi connectivity index (χ3n) is 3.67. The molecule has 1 atom stereocenters. The zero-order chi connectivity index (χ0) is 16.1. The number of amides is 1. The van der Waals surface area contributed by atoms with Crippen LogP contribution in [0.5, 0.6) is 0 Å². The third kappa shape index (κ3) is 4.04. The number of hydrogen-bond donors (Lipinski definition) is 2. The number of carbonyl (C=O) groups is 1. The minimum Gasteiger partial charge on any atom is -0.376 e. The van der Waals surface area contributed by atoms with E-state index in [4.69, 9.17) is 4.74 Å². The highest BCUT2D eigenvalue weighted by molar-refractivity contribution is 5.99. The molecule has 2 N–H and O–H groups in total. The molecular formula is C17H18FN3O2. The van der Waals surface area contributed by atoms with Crippen molar-refractivity contribution in [1.82, 2.24) is 10.3 Å². The van der Waals surface area contributed by atoms with E-state index in [1.807, 2.05) is 0 Å². The summed E-state index contributed by atoms with van der Waals surface area (Å²) in [6.45, 7) is 1.24. The van der Waals surface area contributed by atoms with E-state index in [2.05, 4.69) is 15.6 Å². The number of nitrogens with zero attached hydrogens (tertiary/aromatic N) is 1. The molecular weight excluding hydrogens is 297 g/mol. The lowest BCUT2D eigenvalue weighted by Crippen LogP contribution is -2.32. The predicted molar refractivity (Wildman–Crippen MR) is 85.2 cm³/mol. The molecule has 1 fully saturated rings. The van der Waals surface area contributed by atoms with Gasteiger partial charge in [0, 0.05) is 25.0 Å². The second kappa shape index (κ2) is 7.19. The molecule has 1 amide bonds. The van der Waals surface area contributed by atoms with Crippen molar-refractivity contribution in [2.45, 2.75) is 18.9 Å². The summed E-state index contributed by atoms with van der Waals surface area (Å²) in [6, 6.07) is 9.29. The predicted octanol–water partition coefficient (Wildman–Crippen LogP) is 2.87. The van der Waals surface area contributed by atoms with Gasteiger partial charge in [-0.15, -0.1) is 0 Å². The average Bonchev–Trinajstić information content (AvgIpc) is 3.09. The van der Waals surface area contributed by atoms with Crippen molar-refractivity contribution in [2.24, 2.45) is 0 Å². The van der Waals surface area contributed by atoms with Gasteiger partial charge in [0.25, 0.3) is 5.91 Å². The lowest BCUT2D eigenvalue weighted by molar-refractivity contribution is 0.0858. The smallest absolute Gasteiger partial charge is 0.255 e. The number of carbonyl (C=O) groups excluding carboxylic acids is 1. The molecule has 5 nitrogen and oxygen atoms in total. The fourth-order valence-electron chi connectivity index (χ4n) is 2.47. The van der Waals surface area contributed by atoms with E-state index in [1.165, 1.54) is 12.1 Å². The lowest BCUT2D eigenvalue weighted by Gasteiger charge is -2.13. The fourth-order valence-corrected chi connectivity index (χ4v) is 2.47. The molecule has 0 radical (unpaired) electrons. The summed E-state index contributed by atoms with van der Waals surface area (Å²) < 4.78 is 18.5. The Balaban J connectivity index is 1.69. The maximum atomic E-state index is 13.0. The Bertz CT molecular complexity index is 670. The molecule has 3 rings (SSSR count). The summed E-state index contributed by atoms with van der Waals surface area (Å²) >= 11 is 0. The fraction of sp³-hybridized carbons (Fsp3) is 0.294. The number of halogens is 1. The first-order chi connectivity index (χ1) is 11.2. The number of ether oxygens (including phenoxy) is 1. The number of nitrogens with one attached hydrogen (secondary N) is 2. The van der Waals surface area contributed by atoms with Crippen LogP contribution in [0.15, 0.2) is 42.6 Å². The molecule has 2 heterocycles. The van der Waals surface area contributed by atoms with Gasteiger partial charge in [0.1, 0.15) is 11.6 Å². The van der Waals surface area contributed by atoms with E-state index in [9.17, 15) is 9.18 Å². The van der Waals surface area contributed by atoms with Crippen molar-refractivity contribution in [3.8, 4) is 0 Å². The van der Waals surface area contributed by atoms with Crippen LogP contribution in [-0.2, 0) is 4.74 Å². The number of benzene rings is 1. The Morgan fingerprint density at radius 2 is 2.13 bits per heavy atom. The molecule has 1 aromatic carbocycles. The van der Waals surface area contributed by atoms with Gasteiger partial charge in [0.2, 0.25) is 0 Å². The van der Waals surface area contributed by atoms with E-state index in [0.29, 0.717) is 23.6 Å². The van der Waals surface area contributed by atoms with Crippen LogP contribution in [0, 0.1) is 5.82 Å². The van der Waals surface area contributed by atoms with Crippen molar-refractivity contribution in [3.05, 3.63) is 54.0 Å². The van der Waals surface area contributed by atoms with Gasteiger partial charge in [-0.1, -0.05) is 0 Å². The number of aromatic nitrogens is 1. The van der Waals surface area contributed by atoms with Crippen LogP contribution in [0.2, 0.25) is 0 Å². The minimum absolute atomic E-state index is 0.0872. The Labute approximate surface area is 133 Å². The summed E-state index contributed by atoms with van der Waals surface area (Å²) in [5.41, 5.74) is 1.10. The quantitative estimate of drug-likeness (QED) is 0.890. The first kappa shape index (κ1) is 15.4. The second-order valence-corrected chi connectivity index (χ2v) is 5.38. The van der Waals surface area contributed by atoms with Gasteiger partial charge in [0.15, 0.2) is 0 Å². The van der Waals surface area contributed by atoms with E-state index >= 15 is 0 Å². The minimum atomic E-state index is -0.314. The lowest BCUT2D eigenvalue weighted by atomic mass is 10.2. The zero-order valence-electron chi connectivity index (χ0n) is 12.6. The molecule has 0 saturated carbocycles. The van der Waals surface area contributed by atoms with Crippen molar-refractivity contribution < 1.29 is 13.9 Å². The number of hydrogen-bond acceptors (Lipinski definition) is 4. The first-order valence-corrected chi connectivity index (χ1v) is 7.60. The van der Waals surface area contributed by atoms with Crippen molar-refractivity contribution in [1.29, 1.82) is 0 Å². The van der Waals surface area contributed by atoms with Crippen LogP contribution >= 0.6 is 0 Å². The van der Waals surface area contributed by atoms with Crippen LogP contribution in [0.1, 0.15) is 23.2 Å². The molecule has 6 heteroatoms. The van der Waals surface area contributed by atoms with Crippen molar-refractivity contribution >= 4 is 17.4 Å². The maximum absolute atomic E-state index is 13.0. The van der Waals surface area contributed by atoms with E-state index in [0.717, 1.165) is 19.4 Å². The Kier molecular flexibility index (Phi) is 4.83. The molecule has 1 aliphatic heterocycles. The Morgan fingerprint density at radius 3 is 2.87 bits per heavy atom. The maximum Gasteiger partial charge on any atom is 0.255 e. The second-order valence-electron chi connectivity index (χ2n) is 5.38. The normalized spacial score (nSPS) is 17.0. The van der Waals surface area contributed by atoms with Gasteiger partial charge < -0.3 is 15.4 Å². The van der Waals surface area contributed by atoms with E-state index < -0.39 is 0 Å². The van der Waals surface area contributed by atoms with Gasteiger partial charge in [-0.25, -0.2) is 9.37 Å². The molecule has 2 aromatic rings. The van der Waals surface area contributed by atoms with Gasteiger partial charge in [-0.2, -0.15) is 0 Å². The summed E-state index contributed by atoms with van der Waals surface area (Å²) in [5.74, 6) is -0.0896. The van der Waals surface area contributed by atoms with Crippen molar-refractivity contribution in [3.63, 3.8) is 0 Å². The van der Waals surface area contributed by atoms with E-state index in [-0.39, 0.29) is 17.8 Å². The van der Waals surface area contributed by atoms with E-state index in [1.54, 1.807) is 30.5 Å².